The highest BCUT2D eigenvalue weighted by atomic mass is 16.2. The topological polar surface area (TPSA) is 97.1 Å². The van der Waals surface area contributed by atoms with Crippen molar-refractivity contribution in [3.05, 3.63) is 92.1 Å². The van der Waals surface area contributed by atoms with E-state index in [1.807, 2.05) is 44.2 Å². The zero-order valence-electron chi connectivity index (χ0n) is 18.4. The third kappa shape index (κ3) is 4.54. The van der Waals surface area contributed by atoms with Crippen LogP contribution in [0, 0.1) is 5.92 Å². The van der Waals surface area contributed by atoms with Gasteiger partial charge in [0.1, 0.15) is 0 Å². The van der Waals surface area contributed by atoms with E-state index >= 15 is 0 Å². The summed E-state index contributed by atoms with van der Waals surface area (Å²) < 4.78 is 3.09. The van der Waals surface area contributed by atoms with Crippen LogP contribution in [-0.4, -0.2) is 25.3 Å². The Morgan fingerprint density at radius 3 is 2.44 bits per heavy atom. The van der Waals surface area contributed by atoms with Gasteiger partial charge in [-0.15, -0.1) is 0 Å². The molecule has 0 unspecified atom stereocenters. The van der Waals surface area contributed by atoms with E-state index in [-0.39, 0.29) is 5.92 Å². The number of imidazole rings is 1. The fourth-order valence-corrected chi connectivity index (χ4v) is 3.58. The predicted molar refractivity (Wildman–Crippen MR) is 127 cm³/mol. The van der Waals surface area contributed by atoms with Crippen LogP contribution < -0.4 is 16.7 Å². The van der Waals surface area contributed by atoms with Crippen molar-refractivity contribution in [2.45, 2.75) is 26.8 Å². The second-order valence-corrected chi connectivity index (χ2v) is 8.20. The number of aromatic nitrogens is 4. The predicted octanol–water partition coefficient (Wildman–Crippen LogP) is 3.12. The lowest BCUT2D eigenvalue weighted by Gasteiger charge is -2.10. The van der Waals surface area contributed by atoms with E-state index in [4.69, 9.17) is 0 Å². The van der Waals surface area contributed by atoms with Crippen LogP contribution in [0.15, 0.2) is 69.3 Å². The number of benzene rings is 2. The molecule has 0 spiro atoms. The maximum atomic E-state index is 12.4. The average Bonchev–Trinajstić information content (AvgIpc) is 3.12. The number of hydrazone groups is 1. The minimum absolute atomic E-state index is 0.269. The van der Waals surface area contributed by atoms with Gasteiger partial charge >= 0.3 is 5.69 Å². The Morgan fingerprint density at radius 1 is 1.06 bits per heavy atom. The van der Waals surface area contributed by atoms with Crippen LogP contribution in [0.3, 0.4) is 0 Å². The third-order valence-corrected chi connectivity index (χ3v) is 5.16. The first kappa shape index (κ1) is 21.3. The molecule has 8 heteroatoms. The Morgan fingerprint density at radius 2 is 1.75 bits per heavy atom. The van der Waals surface area contributed by atoms with Gasteiger partial charge in [0.05, 0.1) is 6.21 Å². The van der Waals surface area contributed by atoms with Crippen molar-refractivity contribution in [3.8, 4) is 0 Å². The van der Waals surface area contributed by atoms with E-state index in [0.717, 1.165) is 12.0 Å². The van der Waals surface area contributed by atoms with Crippen molar-refractivity contribution in [2.75, 3.05) is 5.43 Å². The number of nitrogens with one attached hydrogen (secondary N) is 2. The van der Waals surface area contributed by atoms with Gasteiger partial charge in [0, 0.05) is 13.6 Å². The molecule has 2 aromatic heterocycles. The molecule has 2 N–H and O–H groups in total. The summed E-state index contributed by atoms with van der Waals surface area (Å²) in [6.07, 6.45) is 2.58. The smallest absolute Gasteiger partial charge is 0.303 e. The zero-order chi connectivity index (χ0) is 22.7. The molecule has 0 amide bonds. The minimum atomic E-state index is -0.498. The Balaban J connectivity index is 1.56. The monoisotopic (exact) mass is 430 g/mol. The van der Waals surface area contributed by atoms with Crippen molar-refractivity contribution >= 4 is 23.3 Å². The molecule has 0 saturated heterocycles. The number of fused-ring (bicyclic) bond motifs is 1. The summed E-state index contributed by atoms with van der Waals surface area (Å²) in [6.45, 7) is 4.65. The van der Waals surface area contributed by atoms with E-state index in [2.05, 4.69) is 44.8 Å². The van der Waals surface area contributed by atoms with Crippen LogP contribution in [0.25, 0.3) is 11.2 Å². The summed E-state index contributed by atoms with van der Waals surface area (Å²) in [5, 5.41) is 4.31. The summed E-state index contributed by atoms with van der Waals surface area (Å²) in [4.78, 5) is 31.2. The zero-order valence-corrected chi connectivity index (χ0v) is 18.4. The number of aromatic amines is 1. The highest BCUT2D eigenvalue weighted by Gasteiger charge is 2.17. The van der Waals surface area contributed by atoms with Crippen LogP contribution in [0.4, 0.5) is 5.95 Å². The Labute approximate surface area is 185 Å². The number of hydrogen-bond acceptors (Lipinski definition) is 5. The molecule has 0 bridgehead atoms. The molecule has 0 aliphatic heterocycles. The molecule has 32 heavy (non-hydrogen) atoms. The molecule has 4 rings (SSSR count). The molecule has 0 aliphatic carbocycles. The summed E-state index contributed by atoms with van der Waals surface area (Å²) in [6, 6.07) is 18.5. The van der Waals surface area contributed by atoms with Crippen molar-refractivity contribution in [3.63, 3.8) is 0 Å². The Kier molecular flexibility index (Phi) is 6.02. The van der Waals surface area contributed by atoms with Crippen LogP contribution in [0.5, 0.6) is 0 Å². The van der Waals surface area contributed by atoms with E-state index in [0.29, 0.717) is 23.7 Å². The maximum absolute atomic E-state index is 12.4. The Hall–Kier alpha value is -3.94. The van der Waals surface area contributed by atoms with Gasteiger partial charge in [0.2, 0.25) is 5.95 Å². The highest BCUT2D eigenvalue weighted by Crippen LogP contribution is 2.17. The molecule has 2 aromatic carbocycles. The first-order valence-electron chi connectivity index (χ1n) is 10.5. The molecule has 0 fully saturated rings. The summed E-state index contributed by atoms with van der Waals surface area (Å²) in [5.74, 6) is 0.683. The number of rotatable bonds is 7. The number of hydrogen-bond donors (Lipinski definition) is 2. The molecule has 8 nitrogen and oxygen atoms in total. The number of anilines is 1. The SMILES string of the molecule is CC(C)Cn1c(N/N=C\c2ccc(Cc3ccccc3)cc2)nc2c1c(=O)[nH]c(=O)n2C. The first-order valence-corrected chi connectivity index (χ1v) is 10.5. The van der Waals surface area contributed by atoms with E-state index in [9.17, 15) is 9.59 Å². The quantitative estimate of drug-likeness (QED) is 0.348. The van der Waals surface area contributed by atoms with Crippen molar-refractivity contribution in [1.82, 2.24) is 19.1 Å². The highest BCUT2D eigenvalue weighted by molar-refractivity contribution is 5.80. The van der Waals surface area contributed by atoms with Gasteiger partial charge in [-0.2, -0.15) is 10.1 Å². The molecule has 4 aromatic rings. The molecule has 2 heterocycles. The molecule has 164 valence electrons. The van der Waals surface area contributed by atoms with Gasteiger partial charge < -0.3 is 4.57 Å². The molecule has 0 radical (unpaired) electrons. The molecular formula is C24H26N6O2. The molecule has 0 aliphatic rings. The molecular weight excluding hydrogens is 404 g/mol. The van der Waals surface area contributed by atoms with Gasteiger partial charge in [-0.3, -0.25) is 14.3 Å². The molecule has 0 atom stereocenters. The number of aryl methyl sites for hydroxylation is 1. The standard InChI is InChI=1S/C24H26N6O2/c1-16(2)15-30-20-21(29(3)24(32)27-22(20)31)26-23(30)28-25-14-19-11-9-18(10-12-19)13-17-7-5-4-6-8-17/h4-12,14,16H,13,15H2,1-3H3,(H,26,28)(H,27,31,32)/b25-14-. The van der Waals surface area contributed by atoms with Crippen molar-refractivity contribution in [2.24, 2.45) is 18.1 Å². The van der Waals surface area contributed by atoms with Crippen molar-refractivity contribution in [1.29, 1.82) is 0 Å². The number of H-pyrrole nitrogens is 1. The largest absolute Gasteiger partial charge is 0.329 e. The van der Waals surface area contributed by atoms with E-state index in [1.54, 1.807) is 17.8 Å². The summed E-state index contributed by atoms with van der Waals surface area (Å²) in [5.41, 5.74) is 6.08. The Bertz CT molecular complexity index is 1360. The fraction of sp³-hybridized carbons (Fsp3) is 0.250. The second kappa shape index (κ2) is 9.05. The lowest BCUT2D eigenvalue weighted by Crippen LogP contribution is -2.29. The van der Waals surface area contributed by atoms with E-state index in [1.165, 1.54) is 15.7 Å². The van der Waals surface area contributed by atoms with Crippen LogP contribution >= 0.6 is 0 Å². The number of nitrogens with zero attached hydrogens (tertiary/aromatic N) is 4. The average molecular weight is 431 g/mol. The molecule has 0 saturated carbocycles. The van der Waals surface area contributed by atoms with E-state index < -0.39 is 11.2 Å². The van der Waals surface area contributed by atoms with Crippen molar-refractivity contribution < 1.29 is 0 Å². The lowest BCUT2D eigenvalue weighted by atomic mass is 10.0. The van der Waals surface area contributed by atoms with Gasteiger partial charge in [-0.1, -0.05) is 68.4 Å². The maximum Gasteiger partial charge on any atom is 0.329 e. The normalized spacial score (nSPS) is 11.6. The van der Waals surface area contributed by atoms with Gasteiger partial charge in [0.15, 0.2) is 11.2 Å². The van der Waals surface area contributed by atoms with Gasteiger partial charge in [-0.25, -0.2) is 10.2 Å². The second-order valence-electron chi connectivity index (χ2n) is 8.20. The van der Waals surface area contributed by atoms with Crippen LogP contribution in [0.2, 0.25) is 0 Å². The minimum Gasteiger partial charge on any atom is -0.303 e. The van der Waals surface area contributed by atoms with Gasteiger partial charge in [0.25, 0.3) is 5.56 Å². The first-order chi connectivity index (χ1) is 15.4. The van der Waals surface area contributed by atoms with Gasteiger partial charge in [-0.05, 0) is 29.0 Å². The lowest BCUT2D eigenvalue weighted by molar-refractivity contribution is 0.535. The summed E-state index contributed by atoms with van der Waals surface area (Å²) in [7, 11) is 1.58. The van der Waals surface area contributed by atoms with Crippen LogP contribution in [0.1, 0.15) is 30.5 Å². The van der Waals surface area contributed by atoms with Crippen LogP contribution in [-0.2, 0) is 20.0 Å². The third-order valence-electron chi connectivity index (χ3n) is 5.16. The summed E-state index contributed by atoms with van der Waals surface area (Å²) >= 11 is 0. The fourth-order valence-electron chi connectivity index (χ4n) is 3.58.